The summed E-state index contributed by atoms with van der Waals surface area (Å²) in [6.45, 7) is 0. The number of methoxy groups -OCH3 is 1. The van der Waals surface area contributed by atoms with E-state index in [1.54, 1.807) is 17.8 Å². The topological polar surface area (TPSA) is 78.1 Å². The molecule has 0 aliphatic heterocycles. The van der Waals surface area contributed by atoms with E-state index in [2.05, 4.69) is 30.6 Å². The van der Waals surface area contributed by atoms with Crippen molar-refractivity contribution in [1.82, 2.24) is 9.97 Å². The predicted molar refractivity (Wildman–Crippen MR) is 68.8 cm³/mol. The number of esters is 1. The van der Waals surface area contributed by atoms with E-state index >= 15 is 0 Å². The fourth-order valence-electron chi connectivity index (χ4n) is 1.27. The molecule has 2 rings (SSSR count). The third-order valence-corrected chi connectivity index (χ3v) is 3.50. The van der Waals surface area contributed by atoms with Crippen LogP contribution in [0.4, 0.5) is 5.69 Å². The minimum Gasteiger partial charge on any atom is -0.465 e. The second-order valence-electron chi connectivity index (χ2n) is 3.12. The van der Waals surface area contributed by atoms with Crippen LogP contribution < -0.4 is 5.73 Å². The maximum Gasteiger partial charge on any atom is 0.340 e. The molecule has 0 aliphatic carbocycles. The zero-order valence-electron chi connectivity index (χ0n) is 8.81. The first-order chi connectivity index (χ1) is 8.13. The van der Waals surface area contributed by atoms with Gasteiger partial charge in [-0.25, -0.2) is 9.78 Å². The van der Waals surface area contributed by atoms with E-state index in [1.807, 2.05) is 0 Å². The van der Waals surface area contributed by atoms with Crippen LogP contribution in [-0.4, -0.2) is 23.0 Å². The van der Waals surface area contributed by atoms with Crippen LogP contribution in [0.25, 0.3) is 10.6 Å². The van der Waals surface area contributed by atoms with Crippen LogP contribution in [-0.2, 0) is 4.74 Å². The van der Waals surface area contributed by atoms with E-state index in [4.69, 9.17) is 5.73 Å². The van der Waals surface area contributed by atoms with Crippen LogP contribution in [0.1, 0.15) is 10.4 Å². The molecular formula is C10H8BrN3O2S. The lowest BCUT2D eigenvalue weighted by Crippen LogP contribution is -2.07. The first-order valence-corrected chi connectivity index (χ1v) is 6.24. The maximum atomic E-state index is 11.5. The molecule has 0 aliphatic rings. The highest BCUT2D eigenvalue weighted by Crippen LogP contribution is 2.29. The van der Waals surface area contributed by atoms with Gasteiger partial charge in [0.15, 0.2) is 0 Å². The number of hydrogen-bond donors (Lipinski definition) is 1. The minimum atomic E-state index is -0.489. The molecule has 88 valence electrons. The zero-order chi connectivity index (χ0) is 12.4. The molecule has 0 saturated carbocycles. The molecule has 0 spiro atoms. The van der Waals surface area contributed by atoms with E-state index in [9.17, 15) is 4.79 Å². The molecule has 17 heavy (non-hydrogen) atoms. The third kappa shape index (κ3) is 2.29. The number of nitrogens with zero attached hydrogens (tertiary/aromatic N) is 2. The van der Waals surface area contributed by atoms with Gasteiger partial charge in [-0.15, -0.1) is 11.3 Å². The largest absolute Gasteiger partial charge is 0.465 e. The van der Waals surface area contributed by atoms with Gasteiger partial charge < -0.3 is 10.5 Å². The Bertz CT molecular complexity index is 557. The summed E-state index contributed by atoms with van der Waals surface area (Å²) in [6, 6.07) is 1.60. The number of hydrogen-bond acceptors (Lipinski definition) is 6. The highest BCUT2D eigenvalue weighted by atomic mass is 79.9. The lowest BCUT2D eigenvalue weighted by Gasteiger charge is -2.07. The smallest absolute Gasteiger partial charge is 0.340 e. The SMILES string of the molecule is COC(=O)c1cc(-c2cncs2)nc(Br)c1N. The number of nitrogen functional groups attached to an aromatic ring is 1. The third-order valence-electron chi connectivity index (χ3n) is 2.10. The van der Waals surface area contributed by atoms with Crippen molar-refractivity contribution in [2.24, 2.45) is 0 Å². The van der Waals surface area contributed by atoms with Gasteiger partial charge in [-0.05, 0) is 22.0 Å². The second-order valence-corrected chi connectivity index (χ2v) is 4.75. The number of nitrogens with two attached hydrogens (primary N) is 1. The van der Waals surface area contributed by atoms with Gasteiger partial charge in [0.25, 0.3) is 0 Å². The van der Waals surface area contributed by atoms with E-state index in [-0.39, 0.29) is 11.3 Å². The number of carbonyl (C=O) groups excluding carboxylic acids is 1. The van der Waals surface area contributed by atoms with Gasteiger partial charge in [0, 0.05) is 6.20 Å². The van der Waals surface area contributed by atoms with E-state index in [0.29, 0.717) is 10.3 Å². The van der Waals surface area contributed by atoms with Crippen LogP contribution in [0.5, 0.6) is 0 Å². The molecule has 0 bridgehead atoms. The summed E-state index contributed by atoms with van der Waals surface area (Å²) < 4.78 is 5.08. The predicted octanol–water partition coefficient (Wildman–Crippen LogP) is 2.34. The molecule has 2 aromatic heterocycles. The highest BCUT2D eigenvalue weighted by Gasteiger charge is 2.16. The van der Waals surface area contributed by atoms with Crippen LogP contribution in [0, 0.1) is 0 Å². The van der Waals surface area contributed by atoms with Gasteiger partial charge in [-0.3, -0.25) is 4.98 Å². The molecule has 7 heteroatoms. The van der Waals surface area contributed by atoms with E-state index < -0.39 is 5.97 Å². The summed E-state index contributed by atoms with van der Waals surface area (Å²) >= 11 is 4.65. The molecule has 2 aromatic rings. The van der Waals surface area contributed by atoms with Crippen LogP contribution in [0.3, 0.4) is 0 Å². The number of carbonyl (C=O) groups is 1. The van der Waals surface area contributed by atoms with Crippen molar-refractivity contribution >= 4 is 38.9 Å². The van der Waals surface area contributed by atoms with Crippen LogP contribution in [0.2, 0.25) is 0 Å². The molecule has 0 amide bonds. The summed E-state index contributed by atoms with van der Waals surface area (Å²) in [6.07, 6.45) is 1.68. The standard InChI is InChI=1S/C10H8BrN3O2S/c1-16-10(15)5-2-6(7-3-13-4-17-7)14-9(11)8(5)12/h2-4H,12H2,1H3. The number of aromatic nitrogens is 2. The number of rotatable bonds is 2. The fraction of sp³-hybridized carbons (Fsp3) is 0.100. The minimum absolute atomic E-state index is 0.269. The quantitative estimate of drug-likeness (QED) is 0.680. The summed E-state index contributed by atoms with van der Waals surface area (Å²) in [4.78, 5) is 20.6. The lowest BCUT2D eigenvalue weighted by atomic mass is 10.2. The molecule has 0 radical (unpaired) electrons. The number of ether oxygens (including phenoxy) is 1. The zero-order valence-corrected chi connectivity index (χ0v) is 11.2. The Balaban J connectivity index is 2.57. The van der Waals surface area contributed by atoms with Crippen molar-refractivity contribution in [3.63, 3.8) is 0 Å². The number of halogens is 1. The Labute approximate surface area is 110 Å². The van der Waals surface area contributed by atoms with Crippen molar-refractivity contribution in [3.05, 3.63) is 27.9 Å². The molecule has 0 fully saturated rings. The van der Waals surface area contributed by atoms with Crippen molar-refractivity contribution in [2.45, 2.75) is 0 Å². The summed E-state index contributed by atoms with van der Waals surface area (Å²) in [7, 11) is 1.31. The van der Waals surface area contributed by atoms with Gasteiger partial charge in [-0.2, -0.15) is 0 Å². The number of thiazole rings is 1. The van der Waals surface area contributed by atoms with Crippen molar-refractivity contribution in [1.29, 1.82) is 0 Å². The lowest BCUT2D eigenvalue weighted by molar-refractivity contribution is 0.0602. The highest BCUT2D eigenvalue weighted by molar-refractivity contribution is 9.10. The molecule has 5 nitrogen and oxygen atoms in total. The Morgan fingerprint density at radius 3 is 2.94 bits per heavy atom. The Kier molecular flexibility index (Phi) is 3.39. The van der Waals surface area contributed by atoms with E-state index in [1.165, 1.54) is 18.4 Å². The molecule has 0 unspecified atom stereocenters. The first kappa shape index (κ1) is 12.0. The Morgan fingerprint density at radius 1 is 1.59 bits per heavy atom. The molecule has 0 atom stereocenters. The summed E-state index contributed by atoms with van der Waals surface area (Å²) in [5.74, 6) is -0.489. The maximum absolute atomic E-state index is 11.5. The second kappa shape index (κ2) is 4.80. The van der Waals surface area contributed by atoms with Crippen LogP contribution in [0.15, 0.2) is 22.4 Å². The average molecular weight is 314 g/mol. The van der Waals surface area contributed by atoms with Crippen molar-refractivity contribution in [2.75, 3.05) is 12.8 Å². The van der Waals surface area contributed by atoms with Gasteiger partial charge >= 0.3 is 5.97 Å². The number of anilines is 1. The van der Waals surface area contributed by atoms with Gasteiger partial charge in [0.2, 0.25) is 0 Å². The van der Waals surface area contributed by atoms with E-state index in [0.717, 1.165) is 4.88 Å². The van der Waals surface area contributed by atoms with Crippen molar-refractivity contribution in [3.8, 4) is 10.6 Å². The Hall–Kier alpha value is -1.47. The normalized spacial score (nSPS) is 10.2. The molecule has 0 saturated heterocycles. The molecule has 0 aromatic carbocycles. The first-order valence-electron chi connectivity index (χ1n) is 4.56. The summed E-state index contributed by atoms with van der Waals surface area (Å²) in [5.41, 5.74) is 8.64. The fourth-order valence-corrected chi connectivity index (χ4v) is 2.26. The Morgan fingerprint density at radius 2 is 2.35 bits per heavy atom. The summed E-state index contributed by atoms with van der Waals surface area (Å²) in [5, 5.41) is 0. The molecule has 2 N–H and O–H groups in total. The molecule has 2 heterocycles. The molecular weight excluding hydrogens is 306 g/mol. The van der Waals surface area contributed by atoms with Gasteiger partial charge in [0.1, 0.15) is 4.60 Å². The van der Waals surface area contributed by atoms with Gasteiger partial charge in [0.05, 0.1) is 34.4 Å². The van der Waals surface area contributed by atoms with Gasteiger partial charge in [-0.1, -0.05) is 0 Å². The van der Waals surface area contributed by atoms with Crippen molar-refractivity contribution < 1.29 is 9.53 Å². The average Bonchev–Trinajstić information content (AvgIpc) is 2.85. The van der Waals surface area contributed by atoms with Crippen LogP contribution >= 0.6 is 27.3 Å². The monoisotopic (exact) mass is 313 g/mol. The number of pyridine rings is 1.